The van der Waals surface area contributed by atoms with Gasteiger partial charge in [-0.15, -0.1) is 0 Å². The van der Waals surface area contributed by atoms with Crippen LogP contribution in [-0.4, -0.2) is 24.5 Å². The van der Waals surface area contributed by atoms with E-state index in [1.54, 1.807) is 0 Å². The highest BCUT2D eigenvalue weighted by atomic mass is 16.6. The molecule has 1 amide bonds. The number of carbonyl (C=O) groups is 1. The molecular formula is C15H23NO3. The van der Waals surface area contributed by atoms with Gasteiger partial charge in [0, 0.05) is 13.0 Å². The number of carbonyl (C=O) groups excluding carboxylic acids is 1. The van der Waals surface area contributed by atoms with Gasteiger partial charge in [0.1, 0.15) is 11.8 Å². The average molecular weight is 265 g/mol. The summed E-state index contributed by atoms with van der Waals surface area (Å²) in [5.41, 5.74) is 0.602. The first-order chi connectivity index (χ1) is 8.90. The topological polar surface area (TPSA) is 47.6 Å². The van der Waals surface area contributed by atoms with E-state index in [1.807, 2.05) is 58.0 Å². The smallest absolute Gasteiger partial charge is 0.409 e. The molecular weight excluding hydrogens is 242 g/mol. The van der Waals surface area contributed by atoms with Gasteiger partial charge >= 0.3 is 6.09 Å². The lowest BCUT2D eigenvalue weighted by Gasteiger charge is -2.23. The Morgan fingerprint density at radius 1 is 1.26 bits per heavy atom. The maximum absolute atomic E-state index is 11.7. The Balaban J connectivity index is 2.55. The van der Waals surface area contributed by atoms with Gasteiger partial charge in [0.2, 0.25) is 0 Å². The molecule has 0 bridgehead atoms. The molecule has 106 valence electrons. The second-order valence-corrected chi connectivity index (χ2v) is 5.28. The Hall–Kier alpha value is -1.55. The van der Waals surface area contributed by atoms with E-state index in [4.69, 9.17) is 9.47 Å². The molecule has 0 aromatic heterocycles. The van der Waals surface area contributed by atoms with Gasteiger partial charge in [-0.1, -0.05) is 30.3 Å². The summed E-state index contributed by atoms with van der Waals surface area (Å²) in [6, 6.07) is 9.89. The molecule has 0 aliphatic carbocycles. The van der Waals surface area contributed by atoms with Crippen LogP contribution in [0.5, 0.6) is 0 Å². The van der Waals surface area contributed by atoms with Gasteiger partial charge in [0.05, 0.1) is 0 Å². The summed E-state index contributed by atoms with van der Waals surface area (Å²) in [6.07, 6.45) is -0.211. The monoisotopic (exact) mass is 265 g/mol. The molecule has 0 unspecified atom stereocenters. The van der Waals surface area contributed by atoms with Gasteiger partial charge in [0.25, 0.3) is 0 Å². The zero-order valence-electron chi connectivity index (χ0n) is 12.1. The van der Waals surface area contributed by atoms with Crippen molar-refractivity contribution in [2.45, 2.75) is 45.9 Å². The molecule has 1 N–H and O–H groups in total. The molecule has 0 radical (unpaired) electrons. The first kappa shape index (κ1) is 15.5. The summed E-state index contributed by atoms with van der Waals surface area (Å²) in [5.74, 6) is 0. The van der Waals surface area contributed by atoms with Gasteiger partial charge in [-0.05, 0) is 33.3 Å². The molecule has 4 heteroatoms. The number of benzene rings is 1. The Morgan fingerprint density at radius 2 is 1.89 bits per heavy atom. The molecule has 0 heterocycles. The predicted octanol–water partition coefficient (Wildman–Crippen LogP) is 3.12. The van der Waals surface area contributed by atoms with Crippen molar-refractivity contribution in [1.82, 2.24) is 5.32 Å². The predicted molar refractivity (Wildman–Crippen MR) is 74.9 cm³/mol. The van der Waals surface area contributed by atoms with Gasteiger partial charge in [-0.3, -0.25) is 5.32 Å². The molecule has 4 nitrogen and oxygen atoms in total. The molecule has 0 aliphatic heterocycles. The van der Waals surface area contributed by atoms with Crippen LogP contribution in [0.4, 0.5) is 4.79 Å². The van der Waals surface area contributed by atoms with Crippen LogP contribution < -0.4 is 5.32 Å². The minimum Gasteiger partial charge on any atom is -0.444 e. The Kier molecular flexibility index (Phi) is 5.83. The summed E-state index contributed by atoms with van der Waals surface area (Å²) in [4.78, 5) is 11.7. The standard InChI is InChI=1S/C15H23NO3/c1-5-18-13(11-12-9-7-6-8-10-12)16-14(17)19-15(2,3)4/h6-10,13H,5,11H2,1-4H3,(H,16,17)/t13-/m1/s1. The molecule has 0 aliphatic rings. The molecule has 0 saturated carbocycles. The third kappa shape index (κ3) is 6.82. The van der Waals surface area contributed by atoms with Gasteiger partial charge in [-0.2, -0.15) is 0 Å². The lowest BCUT2D eigenvalue weighted by atomic mass is 10.1. The molecule has 1 aromatic carbocycles. The van der Waals surface area contributed by atoms with Crippen LogP contribution in [0.1, 0.15) is 33.3 Å². The van der Waals surface area contributed by atoms with Crippen LogP contribution in [0, 0.1) is 0 Å². The van der Waals surface area contributed by atoms with Crippen molar-refractivity contribution in [3.8, 4) is 0 Å². The second kappa shape index (κ2) is 7.14. The maximum atomic E-state index is 11.7. The zero-order valence-corrected chi connectivity index (χ0v) is 12.1. The van der Waals surface area contributed by atoms with Crippen LogP contribution in [0.25, 0.3) is 0 Å². The molecule has 0 fully saturated rings. The van der Waals surface area contributed by atoms with Crippen molar-refractivity contribution in [2.75, 3.05) is 6.61 Å². The highest BCUT2D eigenvalue weighted by Crippen LogP contribution is 2.09. The van der Waals surface area contributed by atoms with E-state index in [-0.39, 0.29) is 6.23 Å². The van der Waals surface area contributed by atoms with E-state index in [9.17, 15) is 4.79 Å². The minimum absolute atomic E-state index is 0.373. The van der Waals surface area contributed by atoms with Crippen molar-refractivity contribution in [3.05, 3.63) is 35.9 Å². The fourth-order valence-electron chi connectivity index (χ4n) is 1.62. The van der Waals surface area contributed by atoms with Gasteiger partial charge in [-0.25, -0.2) is 4.79 Å². The number of nitrogens with one attached hydrogen (secondary N) is 1. The fraction of sp³-hybridized carbons (Fsp3) is 0.533. The van der Waals surface area contributed by atoms with Crippen molar-refractivity contribution in [1.29, 1.82) is 0 Å². The van der Waals surface area contributed by atoms with Gasteiger partial charge < -0.3 is 9.47 Å². The SMILES string of the molecule is CCO[C@H](Cc1ccccc1)NC(=O)OC(C)(C)C. The minimum atomic E-state index is -0.506. The normalized spacial score (nSPS) is 12.8. The summed E-state index contributed by atoms with van der Waals surface area (Å²) in [7, 11) is 0. The first-order valence-corrected chi connectivity index (χ1v) is 6.56. The molecule has 0 saturated heterocycles. The molecule has 0 spiro atoms. The molecule has 19 heavy (non-hydrogen) atoms. The van der Waals surface area contributed by atoms with Gasteiger partial charge in [0.15, 0.2) is 0 Å². The van der Waals surface area contributed by atoms with Crippen LogP contribution in [0.2, 0.25) is 0 Å². The highest BCUT2D eigenvalue weighted by molar-refractivity contribution is 5.67. The average Bonchev–Trinajstić information content (AvgIpc) is 2.27. The highest BCUT2D eigenvalue weighted by Gasteiger charge is 2.19. The Morgan fingerprint density at radius 3 is 2.42 bits per heavy atom. The Labute approximate surface area is 115 Å². The zero-order chi connectivity index (χ0) is 14.3. The number of rotatable bonds is 5. The number of hydrogen-bond acceptors (Lipinski definition) is 3. The number of amides is 1. The van der Waals surface area contributed by atoms with Crippen LogP contribution in [-0.2, 0) is 15.9 Å². The van der Waals surface area contributed by atoms with E-state index >= 15 is 0 Å². The third-order valence-electron chi connectivity index (χ3n) is 2.31. The summed E-state index contributed by atoms with van der Waals surface area (Å²) in [5, 5.41) is 2.74. The maximum Gasteiger partial charge on any atom is 0.409 e. The summed E-state index contributed by atoms with van der Waals surface area (Å²) >= 11 is 0. The summed E-state index contributed by atoms with van der Waals surface area (Å²) in [6.45, 7) is 7.93. The third-order valence-corrected chi connectivity index (χ3v) is 2.31. The quantitative estimate of drug-likeness (QED) is 0.832. The van der Waals surface area contributed by atoms with Crippen LogP contribution in [0.15, 0.2) is 30.3 Å². The van der Waals surface area contributed by atoms with Crippen LogP contribution >= 0.6 is 0 Å². The van der Waals surface area contributed by atoms with Crippen LogP contribution in [0.3, 0.4) is 0 Å². The summed E-state index contributed by atoms with van der Waals surface area (Å²) < 4.78 is 10.7. The lowest BCUT2D eigenvalue weighted by molar-refractivity contribution is 0.0105. The van der Waals surface area contributed by atoms with E-state index in [2.05, 4.69) is 5.32 Å². The number of alkyl carbamates (subject to hydrolysis) is 1. The largest absolute Gasteiger partial charge is 0.444 e. The number of hydrogen-bond donors (Lipinski definition) is 1. The molecule has 1 aromatic rings. The van der Waals surface area contributed by atoms with Crippen molar-refractivity contribution >= 4 is 6.09 Å². The van der Waals surface area contributed by atoms with E-state index in [0.29, 0.717) is 13.0 Å². The van der Waals surface area contributed by atoms with E-state index in [1.165, 1.54) is 0 Å². The van der Waals surface area contributed by atoms with Crippen molar-refractivity contribution in [3.63, 3.8) is 0 Å². The second-order valence-electron chi connectivity index (χ2n) is 5.28. The van der Waals surface area contributed by atoms with Crippen molar-refractivity contribution in [2.24, 2.45) is 0 Å². The molecule has 1 atom stereocenters. The lowest BCUT2D eigenvalue weighted by Crippen LogP contribution is -2.41. The van der Waals surface area contributed by atoms with E-state index in [0.717, 1.165) is 5.56 Å². The molecule has 1 rings (SSSR count). The number of ether oxygens (including phenoxy) is 2. The van der Waals surface area contributed by atoms with E-state index < -0.39 is 11.7 Å². The Bertz CT molecular complexity index is 384. The van der Waals surface area contributed by atoms with Crippen molar-refractivity contribution < 1.29 is 14.3 Å². The fourth-order valence-corrected chi connectivity index (χ4v) is 1.62. The first-order valence-electron chi connectivity index (χ1n) is 6.56.